The fourth-order valence-electron chi connectivity index (χ4n) is 3.08. The quantitative estimate of drug-likeness (QED) is 0.319. The minimum Gasteiger partial charge on any atom is -0.493 e. The first-order valence-electron chi connectivity index (χ1n) is 10.2. The molecule has 3 aromatic carbocycles. The molecule has 0 aliphatic rings. The number of anilines is 1. The largest absolute Gasteiger partial charge is 0.493 e. The minimum atomic E-state index is -0.539. The Kier molecular flexibility index (Phi) is 8.06. The third kappa shape index (κ3) is 6.34. The van der Waals surface area contributed by atoms with Crippen molar-refractivity contribution in [3.05, 3.63) is 93.8 Å². The minimum absolute atomic E-state index is 0.0890. The van der Waals surface area contributed by atoms with Crippen molar-refractivity contribution >= 4 is 29.3 Å². The summed E-state index contributed by atoms with van der Waals surface area (Å²) >= 11 is 6.38. The van der Waals surface area contributed by atoms with Crippen molar-refractivity contribution in [3.63, 3.8) is 0 Å². The number of halogens is 2. The molecule has 7 heteroatoms. The highest BCUT2D eigenvalue weighted by atomic mass is 35.5. The number of aryl methyl sites for hydroxylation is 1. The molecule has 0 saturated heterocycles. The summed E-state index contributed by atoms with van der Waals surface area (Å²) in [5, 5.41) is 12.4. The first-order valence-corrected chi connectivity index (χ1v) is 10.6. The van der Waals surface area contributed by atoms with Crippen LogP contribution >= 0.6 is 11.6 Å². The van der Waals surface area contributed by atoms with Gasteiger partial charge in [-0.1, -0.05) is 42.8 Å². The zero-order valence-corrected chi connectivity index (χ0v) is 18.9. The number of hydrogen-bond acceptors (Lipinski definition) is 4. The number of nitrogens with zero attached hydrogens (tertiary/aromatic N) is 1. The maximum absolute atomic E-state index is 13.4. The molecular formula is C26H22ClFN2O3. The number of hydrogen-bond donors (Lipinski definition) is 1. The van der Waals surface area contributed by atoms with Crippen LogP contribution in [-0.4, -0.2) is 13.0 Å². The number of benzene rings is 3. The van der Waals surface area contributed by atoms with E-state index in [-0.39, 0.29) is 28.8 Å². The maximum atomic E-state index is 13.4. The van der Waals surface area contributed by atoms with Gasteiger partial charge in [-0.05, 0) is 65.6 Å². The summed E-state index contributed by atoms with van der Waals surface area (Å²) in [5.41, 5.74) is 2.76. The van der Waals surface area contributed by atoms with Gasteiger partial charge in [0.25, 0.3) is 5.91 Å². The Bertz CT molecular complexity index is 1220. The highest BCUT2D eigenvalue weighted by molar-refractivity contribution is 6.32. The van der Waals surface area contributed by atoms with Gasteiger partial charge in [-0.2, -0.15) is 5.26 Å². The van der Waals surface area contributed by atoms with E-state index >= 15 is 0 Å². The lowest BCUT2D eigenvalue weighted by Crippen LogP contribution is -2.13. The van der Waals surface area contributed by atoms with E-state index in [4.69, 9.17) is 21.1 Å². The van der Waals surface area contributed by atoms with Crippen LogP contribution < -0.4 is 14.8 Å². The second kappa shape index (κ2) is 11.2. The highest BCUT2D eigenvalue weighted by Crippen LogP contribution is 2.37. The van der Waals surface area contributed by atoms with Crippen molar-refractivity contribution in [2.24, 2.45) is 0 Å². The van der Waals surface area contributed by atoms with Crippen LogP contribution in [0.25, 0.3) is 6.08 Å². The van der Waals surface area contributed by atoms with Gasteiger partial charge in [-0.3, -0.25) is 4.79 Å². The number of nitrogens with one attached hydrogen (secondary N) is 1. The topological polar surface area (TPSA) is 71.4 Å². The molecule has 0 aromatic heterocycles. The van der Waals surface area contributed by atoms with E-state index in [9.17, 15) is 14.4 Å². The first-order chi connectivity index (χ1) is 15.9. The van der Waals surface area contributed by atoms with Crippen molar-refractivity contribution in [1.82, 2.24) is 0 Å². The second-order valence-corrected chi connectivity index (χ2v) is 7.53. The summed E-state index contributed by atoms with van der Waals surface area (Å²) in [6, 6.07) is 18.5. The molecular weight excluding hydrogens is 443 g/mol. The van der Waals surface area contributed by atoms with Crippen LogP contribution in [0.4, 0.5) is 10.1 Å². The molecule has 0 radical (unpaired) electrons. The predicted octanol–water partition coefficient (Wildman–Crippen LogP) is 6.17. The Labute approximate surface area is 197 Å². The number of carbonyl (C=O) groups excluding carboxylic acids is 1. The molecule has 3 rings (SSSR count). The maximum Gasteiger partial charge on any atom is 0.266 e. The molecule has 0 atom stereocenters. The summed E-state index contributed by atoms with van der Waals surface area (Å²) < 4.78 is 24.5. The van der Waals surface area contributed by atoms with E-state index in [2.05, 4.69) is 5.32 Å². The van der Waals surface area contributed by atoms with Gasteiger partial charge in [-0.25, -0.2) is 4.39 Å². The van der Waals surface area contributed by atoms with Gasteiger partial charge in [0, 0.05) is 5.69 Å². The molecule has 0 fully saturated rings. The Morgan fingerprint density at radius 3 is 2.55 bits per heavy atom. The Morgan fingerprint density at radius 2 is 1.91 bits per heavy atom. The average Bonchev–Trinajstić information content (AvgIpc) is 2.82. The zero-order chi connectivity index (χ0) is 23.8. The molecule has 0 saturated carbocycles. The van der Waals surface area contributed by atoms with Crippen molar-refractivity contribution in [1.29, 1.82) is 5.26 Å². The number of amides is 1. The molecule has 0 bridgehead atoms. The van der Waals surface area contributed by atoms with Crippen LogP contribution in [0.1, 0.15) is 23.6 Å². The highest BCUT2D eigenvalue weighted by Gasteiger charge is 2.15. The third-order valence-corrected chi connectivity index (χ3v) is 5.10. The number of carbonyl (C=O) groups is 1. The predicted molar refractivity (Wildman–Crippen MR) is 127 cm³/mol. The average molecular weight is 465 g/mol. The van der Waals surface area contributed by atoms with Gasteiger partial charge >= 0.3 is 0 Å². The summed E-state index contributed by atoms with van der Waals surface area (Å²) in [6.45, 7) is 2.13. The van der Waals surface area contributed by atoms with E-state index in [0.29, 0.717) is 22.6 Å². The lowest BCUT2D eigenvalue weighted by Gasteiger charge is -2.14. The van der Waals surface area contributed by atoms with Crippen molar-refractivity contribution < 1.29 is 18.7 Å². The molecule has 0 spiro atoms. The first kappa shape index (κ1) is 23.8. The molecule has 1 amide bonds. The van der Waals surface area contributed by atoms with Crippen molar-refractivity contribution in [2.45, 2.75) is 20.0 Å². The normalized spacial score (nSPS) is 10.9. The fraction of sp³-hybridized carbons (Fsp3) is 0.154. The Morgan fingerprint density at radius 1 is 1.15 bits per heavy atom. The van der Waals surface area contributed by atoms with Crippen LogP contribution in [0.2, 0.25) is 5.02 Å². The summed E-state index contributed by atoms with van der Waals surface area (Å²) in [4.78, 5) is 12.6. The standard InChI is InChI=1S/C26H22ClFN2O3/c1-3-17-7-9-22(10-8-17)30-26(31)20(15-29)11-19-13-23(27)25(24(14-19)32-2)33-16-18-5-4-6-21(28)12-18/h4-14H,3,16H2,1-2H3,(H,30,31)/b20-11+. The Hall–Kier alpha value is -3.82. The van der Waals surface area contributed by atoms with E-state index in [1.807, 2.05) is 25.1 Å². The molecule has 0 heterocycles. The molecule has 168 valence electrons. The summed E-state index contributed by atoms with van der Waals surface area (Å²) in [7, 11) is 1.45. The van der Waals surface area contributed by atoms with Crippen LogP contribution in [0.3, 0.4) is 0 Å². The molecule has 5 nitrogen and oxygen atoms in total. The van der Waals surface area contributed by atoms with E-state index in [1.165, 1.54) is 25.3 Å². The van der Waals surface area contributed by atoms with Crippen molar-refractivity contribution in [2.75, 3.05) is 12.4 Å². The number of ether oxygens (including phenoxy) is 2. The van der Waals surface area contributed by atoms with E-state index in [1.54, 1.807) is 36.4 Å². The molecule has 0 unspecified atom stereocenters. The second-order valence-electron chi connectivity index (χ2n) is 7.13. The fourth-order valence-corrected chi connectivity index (χ4v) is 3.36. The van der Waals surface area contributed by atoms with Gasteiger partial charge in [0.2, 0.25) is 0 Å². The van der Waals surface area contributed by atoms with E-state index in [0.717, 1.165) is 12.0 Å². The zero-order valence-electron chi connectivity index (χ0n) is 18.2. The van der Waals surface area contributed by atoms with Crippen LogP contribution in [0.15, 0.2) is 66.2 Å². The smallest absolute Gasteiger partial charge is 0.266 e. The number of rotatable bonds is 8. The van der Waals surface area contributed by atoms with Gasteiger partial charge in [0.15, 0.2) is 11.5 Å². The number of nitriles is 1. The summed E-state index contributed by atoms with van der Waals surface area (Å²) in [5.74, 6) is -0.306. The molecule has 3 aromatic rings. The molecule has 0 aliphatic heterocycles. The van der Waals surface area contributed by atoms with Gasteiger partial charge < -0.3 is 14.8 Å². The monoisotopic (exact) mass is 464 g/mol. The molecule has 1 N–H and O–H groups in total. The van der Waals surface area contributed by atoms with Gasteiger partial charge in [0.1, 0.15) is 24.1 Å². The molecule has 33 heavy (non-hydrogen) atoms. The SMILES string of the molecule is CCc1ccc(NC(=O)/C(C#N)=C/c2cc(Cl)c(OCc3cccc(F)c3)c(OC)c2)cc1. The Balaban J connectivity index is 1.79. The van der Waals surface area contributed by atoms with Crippen molar-refractivity contribution in [3.8, 4) is 17.6 Å². The molecule has 0 aliphatic carbocycles. The lowest BCUT2D eigenvalue weighted by atomic mass is 10.1. The third-order valence-electron chi connectivity index (χ3n) is 4.82. The lowest BCUT2D eigenvalue weighted by molar-refractivity contribution is -0.112. The van der Waals surface area contributed by atoms with E-state index < -0.39 is 5.91 Å². The number of methoxy groups -OCH3 is 1. The van der Waals surface area contributed by atoms with Crippen LogP contribution in [0, 0.1) is 17.1 Å². The van der Waals surface area contributed by atoms with Crippen LogP contribution in [-0.2, 0) is 17.8 Å². The van der Waals surface area contributed by atoms with Gasteiger partial charge in [-0.15, -0.1) is 0 Å². The summed E-state index contributed by atoms with van der Waals surface area (Å²) in [6.07, 6.45) is 2.31. The van der Waals surface area contributed by atoms with Crippen LogP contribution in [0.5, 0.6) is 11.5 Å². The van der Waals surface area contributed by atoms with Gasteiger partial charge in [0.05, 0.1) is 12.1 Å².